The zero-order chi connectivity index (χ0) is 25.5. The van der Waals surface area contributed by atoms with Crippen LogP contribution in [0.25, 0.3) is 0 Å². The number of hydrogen-bond donors (Lipinski definition) is 2. The maximum absolute atomic E-state index is 12.8. The Bertz CT molecular complexity index is 978. The fourth-order valence-electron chi connectivity index (χ4n) is 6.79. The molecule has 3 fully saturated rings. The van der Waals surface area contributed by atoms with Gasteiger partial charge in [0, 0.05) is 11.3 Å². The Kier molecular flexibility index (Phi) is 8.12. The van der Waals surface area contributed by atoms with Gasteiger partial charge in [0.2, 0.25) is 0 Å². The Balaban J connectivity index is 1.76. The van der Waals surface area contributed by atoms with Gasteiger partial charge in [0.15, 0.2) is 9.84 Å². The van der Waals surface area contributed by atoms with Crippen LogP contribution in [-0.2, 0) is 9.84 Å². The van der Waals surface area contributed by atoms with E-state index >= 15 is 0 Å². The molecule has 0 unspecified atom stereocenters. The summed E-state index contributed by atoms with van der Waals surface area (Å²) in [6, 6.07) is 0. The normalized spacial score (nSPS) is 36.7. The average Bonchev–Trinajstić information content (AvgIpc) is 3.09. The van der Waals surface area contributed by atoms with Crippen LogP contribution in [0.4, 0.5) is 0 Å². The number of allylic oxidation sites excluding steroid dienone is 5. The highest BCUT2D eigenvalue weighted by Crippen LogP contribution is 2.59. The fraction of sp³-hybridized carbons (Fsp3) is 0.724. The second-order valence-electron chi connectivity index (χ2n) is 12.3. The van der Waals surface area contributed by atoms with E-state index in [2.05, 4.69) is 32.6 Å². The molecule has 192 valence electrons. The summed E-state index contributed by atoms with van der Waals surface area (Å²) >= 11 is 0. The molecule has 0 aromatic heterocycles. The van der Waals surface area contributed by atoms with Crippen LogP contribution in [0.1, 0.15) is 92.9 Å². The van der Waals surface area contributed by atoms with Gasteiger partial charge in [-0.2, -0.15) is 0 Å². The molecule has 0 radical (unpaired) electrons. The molecule has 34 heavy (non-hydrogen) atoms. The summed E-state index contributed by atoms with van der Waals surface area (Å²) in [6.45, 7) is 15.8. The number of rotatable bonds is 5. The standard InChI is InChI=1S/C29H46O4S/c1-19(10-11-20(2)34(32,33)28(4,5)6)25-14-15-26-22(9-8-16-29(25,26)7)12-13-23-17-24(30)18-27(31)21(23)3/h11-13,19,24-27,30-31H,3,8-10,14-18H2,1-2,4-7H3/b20-11+,22-12+,23-13-/t19-,24-,25-,26+,27+,29-/m1/s1. The van der Waals surface area contributed by atoms with Crippen LogP contribution in [0.2, 0.25) is 0 Å². The highest BCUT2D eigenvalue weighted by Gasteiger charge is 2.50. The first-order valence-corrected chi connectivity index (χ1v) is 14.5. The van der Waals surface area contributed by atoms with Crippen molar-refractivity contribution in [2.75, 3.05) is 0 Å². The molecule has 4 nitrogen and oxygen atoms in total. The first-order chi connectivity index (χ1) is 15.7. The topological polar surface area (TPSA) is 74.6 Å². The zero-order valence-electron chi connectivity index (χ0n) is 22.1. The van der Waals surface area contributed by atoms with Gasteiger partial charge in [0.25, 0.3) is 0 Å². The molecule has 0 saturated heterocycles. The number of hydrogen-bond acceptors (Lipinski definition) is 4. The molecule has 0 amide bonds. The van der Waals surface area contributed by atoms with Gasteiger partial charge in [0.1, 0.15) is 0 Å². The number of aliphatic hydroxyl groups is 2. The quantitative estimate of drug-likeness (QED) is 0.476. The summed E-state index contributed by atoms with van der Waals surface area (Å²) in [5, 5.41) is 20.2. The average molecular weight is 491 g/mol. The van der Waals surface area contributed by atoms with Crippen molar-refractivity contribution < 1.29 is 18.6 Å². The molecule has 2 N–H and O–H groups in total. The van der Waals surface area contributed by atoms with Crippen LogP contribution in [0, 0.1) is 23.2 Å². The molecule has 5 heteroatoms. The largest absolute Gasteiger partial charge is 0.393 e. The van der Waals surface area contributed by atoms with Crippen LogP contribution in [-0.4, -0.2) is 35.6 Å². The molecular weight excluding hydrogens is 444 g/mol. The van der Waals surface area contributed by atoms with Crippen molar-refractivity contribution in [3.05, 3.63) is 46.4 Å². The van der Waals surface area contributed by atoms with Crippen LogP contribution in [0.15, 0.2) is 46.4 Å². The van der Waals surface area contributed by atoms with Crippen LogP contribution in [0.5, 0.6) is 0 Å². The third kappa shape index (κ3) is 5.32. The van der Waals surface area contributed by atoms with Gasteiger partial charge < -0.3 is 10.2 Å². The summed E-state index contributed by atoms with van der Waals surface area (Å²) in [6.07, 6.45) is 12.7. The van der Waals surface area contributed by atoms with Gasteiger partial charge in [-0.3, -0.25) is 0 Å². The van der Waals surface area contributed by atoms with Crippen molar-refractivity contribution in [1.29, 1.82) is 0 Å². The molecule has 3 saturated carbocycles. The predicted molar refractivity (Wildman–Crippen MR) is 141 cm³/mol. The van der Waals surface area contributed by atoms with Crippen LogP contribution >= 0.6 is 0 Å². The summed E-state index contributed by atoms with van der Waals surface area (Å²) < 4.78 is 24.8. The van der Waals surface area contributed by atoms with E-state index in [1.807, 2.05) is 6.08 Å². The molecular formula is C29H46O4S. The minimum atomic E-state index is -3.27. The molecule has 6 atom stereocenters. The van der Waals surface area contributed by atoms with Crippen molar-refractivity contribution in [2.24, 2.45) is 23.2 Å². The Morgan fingerprint density at radius 1 is 1.24 bits per heavy atom. The maximum atomic E-state index is 12.8. The van der Waals surface area contributed by atoms with Gasteiger partial charge in [-0.15, -0.1) is 0 Å². The van der Waals surface area contributed by atoms with E-state index in [4.69, 9.17) is 0 Å². The van der Waals surface area contributed by atoms with E-state index in [-0.39, 0.29) is 5.41 Å². The monoisotopic (exact) mass is 490 g/mol. The molecule has 0 heterocycles. The number of sulfone groups is 1. The van der Waals surface area contributed by atoms with E-state index in [9.17, 15) is 18.6 Å². The predicted octanol–water partition coefficient (Wildman–Crippen LogP) is 6.27. The van der Waals surface area contributed by atoms with Crippen molar-refractivity contribution in [3.63, 3.8) is 0 Å². The minimum Gasteiger partial charge on any atom is -0.393 e. The second kappa shape index (κ2) is 10.1. The van der Waals surface area contributed by atoms with Gasteiger partial charge >= 0.3 is 0 Å². The van der Waals surface area contributed by atoms with Crippen molar-refractivity contribution >= 4 is 9.84 Å². The van der Waals surface area contributed by atoms with Gasteiger partial charge in [-0.25, -0.2) is 8.42 Å². The van der Waals surface area contributed by atoms with Gasteiger partial charge in [-0.05, 0) is 107 Å². The Morgan fingerprint density at radius 3 is 2.56 bits per heavy atom. The lowest BCUT2D eigenvalue weighted by Gasteiger charge is -2.44. The first-order valence-electron chi connectivity index (χ1n) is 13.0. The lowest BCUT2D eigenvalue weighted by atomic mass is 9.61. The highest BCUT2D eigenvalue weighted by molar-refractivity contribution is 7.96. The van der Waals surface area contributed by atoms with Crippen molar-refractivity contribution in [3.8, 4) is 0 Å². The van der Waals surface area contributed by atoms with E-state index in [0.29, 0.717) is 35.5 Å². The Morgan fingerprint density at radius 2 is 1.91 bits per heavy atom. The SMILES string of the molecule is C=C1/C(=C\C=C2/CCC[C@]3(C)[C@@H]([C@H](C)C/C=C(\C)S(=O)(=O)C(C)(C)C)CC[C@@H]23)C[C@@H](O)C[C@@H]1O. The molecule has 3 aliphatic carbocycles. The third-order valence-electron chi connectivity index (χ3n) is 9.00. The van der Waals surface area contributed by atoms with Crippen molar-refractivity contribution in [1.82, 2.24) is 0 Å². The van der Waals surface area contributed by atoms with E-state index in [1.165, 1.54) is 31.3 Å². The molecule has 0 aromatic rings. The fourth-order valence-corrected chi connectivity index (χ4v) is 8.07. The molecule has 3 aliphatic rings. The third-order valence-corrected chi connectivity index (χ3v) is 11.6. The van der Waals surface area contributed by atoms with Gasteiger partial charge in [0.05, 0.1) is 17.0 Å². The van der Waals surface area contributed by atoms with Crippen molar-refractivity contribution in [2.45, 2.75) is 110 Å². The molecule has 3 rings (SSSR count). The highest BCUT2D eigenvalue weighted by atomic mass is 32.2. The van der Waals surface area contributed by atoms with Gasteiger partial charge in [-0.1, -0.05) is 44.2 Å². The van der Waals surface area contributed by atoms with Crippen LogP contribution < -0.4 is 0 Å². The molecule has 0 spiro atoms. The van der Waals surface area contributed by atoms with E-state index in [0.717, 1.165) is 24.0 Å². The summed E-state index contributed by atoms with van der Waals surface area (Å²) in [4.78, 5) is 0.500. The molecule has 0 aliphatic heterocycles. The maximum Gasteiger partial charge on any atom is 0.178 e. The smallest absolute Gasteiger partial charge is 0.178 e. The summed E-state index contributed by atoms with van der Waals surface area (Å²) in [5.74, 6) is 1.55. The summed E-state index contributed by atoms with van der Waals surface area (Å²) in [5.41, 5.74) is 3.43. The number of aliphatic hydroxyl groups excluding tert-OH is 2. The van der Waals surface area contributed by atoms with Crippen LogP contribution in [0.3, 0.4) is 0 Å². The Labute approximate surface area is 207 Å². The first kappa shape index (κ1) is 27.4. The second-order valence-corrected chi connectivity index (χ2v) is 15.2. The number of fused-ring (bicyclic) bond motifs is 1. The van der Waals surface area contributed by atoms with E-state index in [1.54, 1.807) is 27.7 Å². The lowest BCUT2D eigenvalue weighted by molar-refractivity contribution is 0.0862. The molecule has 0 aromatic carbocycles. The Hall–Kier alpha value is -1.17. The summed E-state index contributed by atoms with van der Waals surface area (Å²) in [7, 11) is -3.27. The lowest BCUT2D eigenvalue weighted by Crippen LogP contribution is -2.36. The minimum absolute atomic E-state index is 0.231. The molecule has 0 bridgehead atoms. The zero-order valence-corrected chi connectivity index (χ0v) is 22.9. The van der Waals surface area contributed by atoms with E-state index < -0.39 is 26.8 Å².